The zero-order valence-electron chi connectivity index (χ0n) is 10.8. The van der Waals surface area contributed by atoms with E-state index in [0.717, 1.165) is 5.56 Å². The van der Waals surface area contributed by atoms with E-state index in [9.17, 15) is 0 Å². The highest BCUT2D eigenvalue weighted by Gasteiger charge is 2.18. The van der Waals surface area contributed by atoms with Gasteiger partial charge in [-0.15, -0.1) is 12.4 Å². The second-order valence-electron chi connectivity index (χ2n) is 4.59. The molecule has 1 aromatic carbocycles. The molecule has 0 fully saturated rings. The molecule has 0 radical (unpaired) electrons. The highest BCUT2D eigenvalue weighted by molar-refractivity contribution is 6.31. The SMILES string of the molecule is CC(C)C(N)c1nc(Cc2ccccc2Cl)no1.Cl. The van der Waals surface area contributed by atoms with E-state index in [4.69, 9.17) is 21.9 Å². The molecule has 0 spiro atoms. The minimum Gasteiger partial charge on any atom is -0.338 e. The number of benzene rings is 1. The van der Waals surface area contributed by atoms with Gasteiger partial charge in [-0.05, 0) is 17.5 Å². The molecule has 1 unspecified atom stereocenters. The van der Waals surface area contributed by atoms with Crippen LogP contribution in [0, 0.1) is 5.92 Å². The number of aromatic nitrogens is 2. The fraction of sp³-hybridized carbons (Fsp3) is 0.385. The maximum absolute atomic E-state index is 6.08. The number of halogens is 2. The molecule has 1 aromatic heterocycles. The van der Waals surface area contributed by atoms with Gasteiger partial charge in [0.2, 0.25) is 5.89 Å². The summed E-state index contributed by atoms with van der Waals surface area (Å²) in [6.45, 7) is 4.03. The van der Waals surface area contributed by atoms with Crippen LogP contribution in [-0.2, 0) is 6.42 Å². The first kappa shape index (κ1) is 16.0. The van der Waals surface area contributed by atoms with Crippen LogP contribution >= 0.6 is 24.0 Å². The summed E-state index contributed by atoms with van der Waals surface area (Å²) in [5, 5.41) is 4.64. The quantitative estimate of drug-likeness (QED) is 0.940. The molecule has 2 aromatic rings. The van der Waals surface area contributed by atoms with E-state index in [2.05, 4.69) is 10.1 Å². The summed E-state index contributed by atoms with van der Waals surface area (Å²) in [5.41, 5.74) is 6.93. The maximum atomic E-state index is 6.08. The van der Waals surface area contributed by atoms with E-state index < -0.39 is 0 Å². The molecule has 0 aliphatic heterocycles. The molecule has 0 saturated carbocycles. The van der Waals surface area contributed by atoms with E-state index >= 15 is 0 Å². The van der Waals surface area contributed by atoms with Crippen molar-refractivity contribution in [2.75, 3.05) is 0 Å². The first-order valence-electron chi connectivity index (χ1n) is 5.89. The Morgan fingerprint density at radius 3 is 2.63 bits per heavy atom. The van der Waals surface area contributed by atoms with Crippen molar-refractivity contribution in [3.05, 3.63) is 46.6 Å². The maximum Gasteiger partial charge on any atom is 0.243 e. The summed E-state index contributed by atoms with van der Waals surface area (Å²) in [4.78, 5) is 4.31. The summed E-state index contributed by atoms with van der Waals surface area (Å²) in [7, 11) is 0. The van der Waals surface area contributed by atoms with Crippen LogP contribution in [0.2, 0.25) is 5.02 Å². The smallest absolute Gasteiger partial charge is 0.243 e. The standard InChI is InChI=1S/C13H16ClN3O.ClH/c1-8(2)12(15)13-16-11(17-18-13)7-9-5-3-4-6-10(9)14;/h3-6,8,12H,7,15H2,1-2H3;1H. The average molecular weight is 302 g/mol. The van der Waals surface area contributed by atoms with E-state index in [0.29, 0.717) is 23.2 Å². The Bertz CT molecular complexity index is 528. The third-order valence-electron chi connectivity index (χ3n) is 2.79. The van der Waals surface area contributed by atoms with E-state index in [1.165, 1.54) is 0 Å². The van der Waals surface area contributed by atoms with Gasteiger partial charge in [-0.3, -0.25) is 0 Å². The molecule has 0 aliphatic rings. The lowest BCUT2D eigenvalue weighted by atomic mass is 10.1. The lowest BCUT2D eigenvalue weighted by Gasteiger charge is -2.09. The largest absolute Gasteiger partial charge is 0.338 e. The van der Waals surface area contributed by atoms with Gasteiger partial charge in [-0.1, -0.05) is 48.8 Å². The van der Waals surface area contributed by atoms with Gasteiger partial charge in [0.05, 0.1) is 6.04 Å². The molecule has 0 bridgehead atoms. The van der Waals surface area contributed by atoms with E-state index in [-0.39, 0.29) is 24.4 Å². The van der Waals surface area contributed by atoms with Gasteiger partial charge in [0.1, 0.15) is 0 Å². The van der Waals surface area contributed by atoms with Crippen molar-refractivity contribution < 1.29 is 4.52 Å². The number of nitrogens with two attached hydrogens (primary N) is 1. The lowest BCUT2D eigenvalue weighted by Crippen LogP contribution is -2.17. The van der Waals surface area contributed by atoms with E-state index in [1.54, 1.807) is 0 Å². The van der Waals surface area contributed by atoms with Crippen LogP contribution in [0.1, 0.15) is 37.2 Å². The van der Waals surface area contributed by atoms with Gasteiger partial charge in [0, 0.05) is 11.4 Å². The summed E-state index contributed by atoms with van der Waals surface area (Å²) in [6, 6.07) is 7.39. The van der Waals surface area contributed by atoms with Gasteiger partial charge in [0.15, 0.2) is 5.82 Å². The number of hydrogen-bond donors (Lipinski definition) is 1. The van der Waals surface area contributed by atoms with Gasteiger partial charge in [-0.2, -0.15) is 4.98 Å². The lowest BCUT2D eigenvalue weighted by molar-refractivity contribution is 0.322. The Morgan fingerprint density at radius 2 is 2.00 bits per heavy atom. The summed E-state index contributed by atoms with van der Waals surface area (Å²) < 4.78 is 5.17. The van der Waals surface area contributed by atoms with Gasteiger partial charge >= 0.3 is 0 Å². The van der Waals surface area contributed by atoms with Crippen LogP contribution in [0.3, 0.4) is 0 Å². The molecule has 4 nitrogen and oxygen atoms in total. The van der Waals surface area contributed by atoms with Crippen molar-refractivity contribution in [1.29, 1.82) is 0 Å². The average Bonchev–Trinajstić information content (AvgIpc) is 2.79. The van der Waals surface area contributed by atoms with Gasteiger partial charge in [0.25, 0.3) is 0 Å². The third kappa shape index (κ3) is 3.93. The monoisotopic (exact) mass is 301 g/mol. The Labute approximate surface area is 123 Å². The number of hydrogen-bond acceptors (Lipinski definition) is 4. The molecule has 1 heterocycles. The van der Waals surface area contributed by atoms with Crippen LogP contribution in [0.5, 0.6) is 0 Å². The molecule has 2 rings (SSSR count). The molecule has 0 saturated heterocycles. The van der Waals surface area contributed by atoms with Crippen molar-refractivity contribution in [3.63, 3.8) is 0 Å². The van der Waals surface area contributed by atoms with Crippen molar-refractivity contribution >= 4 is 24.0 Å². The predicted octanol–water partition coefficient (Wildman–Crippen LogP) is 3.39. The minimum absolute atomic E-state index is 0. The van der Waals surface area contributed by atoms with Gasteiger partial charge < -0.3 is 10.3 Å². The molecular weight excluding hydrogens is 285 g/mol. The molecule has 0 aliphatic carbocycles. The third-order valence-corrected chi connectivity index (χ3v) is 3.16. The second kappa shape index (κ2) is 6.89. The second-order valence-corrected chi connectivity index (χ2v) is 4.99. The molecule has 1 atom stereocenters. The first-order valence-corrected chi connectivity index (χ1v) is 6.27. The van der Waals surface area contributed by atoms with Crippen LogP contribution in [0.4, 0.5) is 0 Å². The van der Waals surface area contributed by atoms with E-state index in [1.807, 2.05) is 38.1 Å². The molecule has 6 heteroatoms. The zero-order chi connectivity index (χ0) is 13.1. The van der Waals surface area contributed by atoms with Crippen molar-refractivity contribution in [2.45, 2.75) is 26.3 Å². The highest BCUT2D eigenvalue weighted by atomic mass is 35.5. The van der Waals surface area contributed by atoms with Crippen LogP contribution < -0.4 is 5.73 Å². The fourth-order valence-corrected chi connectivity index (χ4v) is 1.77. The molecule has 19 heavy (non-hydrogen) atoms. The minimum atomic E-state index is -0.225. The van der Waals surface area contributed by atoms with Crippen LogP contribution in [0.15, 0.2) is 28.8 Å². The summed E-state index contributed by atoms with van der Waals surface area (Å²) in [6.07, 6.45) is 0.550. The summed E-state index contributed by atoms with van der Waals surface area (Å²) in [5.74, 6) is 1.35. The Morgan fingerprint density at radius 1 is 1.32 bits per heavy atom. The number of nitrogens with zero attached hydrogens (tertiary/aromatic N) is 2. The fourth-order valence-electron chi connectivity index (χ4n) is 1.57. The highest BCUT2D eigenvalue weighted by Crippen LogP contribution is 2.20. The van der Waals surface area contributed by atoms with Gasteiger partial charge in [-0.25, -0.2) is 0 Å². The Kier molecular flexibility index (Phi) is 5.79. The number of rotatable bonds is 4. The molecule has 0 amide bonds. The topological polar surface area (TPSA) is 64.9 Å². The first-order chi connectivity index (χ1) is 8.58. The Hall–Kier alpha value is -1.10. The van der Waals surface area contributed by atoms with Crippen molar-refractivity contribution in [3.8, 4) is 0 Å². The molecular formula is C13H17Cl2N3O. The Balaban J connectivity index is 0.00000180. The normalized spacial score (nSPS) is 12.3. The van der Waals surface area contributed by atoms with Crippen molar-refractivity contribution in [1.82, 2.24) is 10.1 Å². The van der Waals surface area contributed by atoms with Crippen molar-refractivity contribution in [2.24, 2.45) is 11.7 Å². The predicted molar refractivity (Wildman–Crippen MR) is 77.6 cm³/mol. The molecule has 2 N–H and O–H groups in total. The molecule has 104 valence electrons. The summed E-state index contributed by atoms with van der Waals surface area (Å²) >= 11 is 6.08. The van der Waals surface area contributed by atoms with Crippen LogP contribution in [-0.4, -0.2) is 10.1 Å². The van der Waals surface area contributed by atoms with Crippen LogP contribution in [0.25, 0.3) is 0 Å². The zero-order valence-corrected chi connectivity index (χ0v) is 12.4.